The maximum Gasteiger partial charge on any atom is 0.321 e. The molecule has 1 rings (SSSR count). The first kappa shape index (κ1) is 17.4. The van der Waals surface area contributed by atoms with E-state index in [-0.39, 0.29) is 18.1 Å². The largest absolute Gasteiger partial charge is 0.465 e. The van der Waals surface area contributed by atoms with Gasteiger partial charge in [0.1, 0.15) is 5.75 Å². The number of sulfone groups is 1. The lowest BCUT2D eigenvalue weighted by Crippen LogP contribution is -2.48. The molecule has 1 aliphatic carbocycles. The van der Waals surface area contributed by atoms with E-state index >= 15 is 0 Å². The molecule has 118 valence electrons. The van der Waals surface area contributed by atoms with Crippen LogP contribution >= 0.6 is 0 Å². The number of carbonyl (C=O) groups is 1. The minimum atomic E-state index is -3.55. The summed E-state index contributed by atoms with van der Waals surface area (Å²) in [5.41, 5.74) is 6.04. The van der Waals surface area contributed by atoms with Crippen molar-refractivity contribution < 1.29 is 17.9 Å². The minimum absolute atomic E-state index is 0.0534. The summed E-state index contributed by atoms with van der Waals surface area (Å²) in [6, 6.07) is -0.381. The Kier molecular flexibility index (Phi) is 5.61. The van der Waals surface area contributed by atoms with Gasteiger partial charge in [0.2, 0.25) is 0 Å². The van der Waals surface area contributed by atoms with Crippen LogP contribution in [0, 0.1) is 11.3 Å². The fourth-order valence-corrected chi connectivity index (χ4v) is 4.65. The minimum Gasteiger partial charge on any atom is -0.465 e. The van der Waals surface area contributed by atoms with E-state index in [1.54, 1.807) is 6.92 Å². The van der Waals surface area contributed by atoms with E-state index in [9.17, 15) is 13.2 Å². The first-order valence-electron chi connectivity index (χ1n) is 7.20. The molecular weight excluding hydrogens is 278 g/mol. The molecule has 0 radical (unpaired) electrons. The van der Waals surface area contributed by atoms with Gasteiger partial charge in [-0.25, -0.2) is 8.42 Å². The molecule has 0 amide bonds. The highest BCUT2D eigenvalue weighted by molar-refractivity contribution is 7.92. The van der Waals surface area contributed by atoms with Crippen LogP contribution in [0.1, 0.15) is 47.0 Å². The highest BCUT2D eigenvalue weighted by Crippen LogP contribution is 2.39. The van der Waals surface area contributed by atoms with Crippen molar-refractivity contribution in [3.8, 4) is 0 Å². The highest BCUT2D eigenvalue weighted by Gasteiger charge is 2.41. The number of ether oxygens (including phenoxy) is 1. The summed E-state index contributed by atoms with van der Waals surface area (Å²) in [5.74, 6) is -0.933. The van der Waals surface area contributed by atoms with Gasteiger partial charge >= 0.3 is 5.97 Å². The normalized spacial score (nSPS) is 28.1. The predicted octanol–water partition coefficient (Wildman–Crippen LogP) is 1.51. The van der Waals surface area contributed by atoms with E-state index < -0.39 is 26.8 Å². The Morgan fingerprint density at radius 3 is 2.40 bits per heavy atom. The molecule has 20 heavy (non-hydrogen) atoms. The van der Waals surface area contributed by atoms with Crippen molar-refractivity contribution in [1.29, 1.82) is 0 Å². The van der Waals surface area contributed by atoms with Crippen LogP contribution in [-0.4, -0.2) is 38.0 Å². The number of esters is 1. The van der Waals surface area contributed by atoms with Crippen molar-refractivity contribution in [3.63, 3.8) is 0 Å². The van der Waals surface area contributed by atoms with Gasteiger partial charge in [0.25, 0.3) is 0 Å². The van der Waals surface area contributed by atoms with Crippen LogP contribution in [0.4, 0.5) is 0 Å². The molecule has 1 aliphatic rings. The van der Waals surface area contributed by atoms with E-state index in [4.69, 9.17) is 10.5 Å². The molecule has 0 aliphatic heterocycles. The summed E-state index contributed by atoms with van der Waals surface area (Å²) in [4.78, 5) is 11.4. The molecule has 5 nitrogen and oxygen atoms in total. The number of nitrogens with two attached hydrogens (primary N) is 1. The monoisotopic (exact) mass is 305 g/mol. The van der Waals surface area contributed by atoms with Gasteiger partial charge in [0.15, 0.2) is 9.84 Å². The molecule has 2 N–H and O–H groups in total. The third-order valence-corrected chi connectivity index (χ3v) is 6.26. The Hall–Kier alpha value is -0.620. The van der Waals surface area contributed by atoms with Crippen molar-refractivity contribution in [2.24, 2.45) is 17.1 Å². The van der Waals surface area contributed by atoms with Gasteiger partial charge in [0, 0.05) is 6.04 Å². The number of carbonyl (C=O) groups excluding carboxylic acids is 1. The molecule has 1 fully saturated rings. The van der Waals surface area contributed by atoms with Crippen LogP contribution in [-0.2, 0) is 19.4 Å². The fourth-order valence-electron chi connectivity index (χ4n) is 2.83. The van der Waals surface area contributed by atoms with Crippen molar-refractivity contribution >= 4 is 15.8 Å². The standard InChI is InChI=1S/C14H27NO4S/c1-5-19-13(16)9-20(17,18)12-8-10(14(2,3)4)6-7-11(12)15/h10-12H,5-9,15H2,1-4H3. The Balaban J connectivity index is 2.83. The Morgan fingerprint density at radius 1 is 1.30 bits per heavy atom. The number of hydrogen-bond donors (Lipinski definition) is 1. The molecule has 0 aromatic rings. The lowest BCUT2D eigenvalue weighted by Gasteiger charge is -2.40. The van der Waals surface area contributed by atoms with E-state index in [0.717, 1.165) is 6.42 Å². The van der Waals surface area contributed by atoms with E-state index in [2.05, 4.69) is 20.8 Å². The second-order valence-corrected chi connectivity index (χ2v) is 8.91. The summed E-state index contributed by atoms with van der Waals surface area (Å²) in [7, 11) is -3.55. The molecule has 3 unspecified atom stereocenters. The lowest BCUT2D eigenvalue weighted by molar-refractivity contribution is -0.139. The van der Waals surface area contributed by atoms with Gasteiger partial charge in [-0.1, -0.05) is 20.8 Å². The van der Waals surface area contributed by atoms with Crippen LogP contribution in [0.25, 0.3) is 0 Å². The molecule has 0 aromatic carbocycles. The van der Waals surface area contributed by atoms with Crippen LogP contribution in [0.5, 0.6) is 0 Å². The maximum absolute atomic E-state index is 12.4. The van der Waals surface area contributed by atoms with Gasteiger partial charge in [-0.2, -0.15) is 0 Å². The number of rotatable bonds is 4. The fraction of sp³-hybridized carbons (Fsp3) is 0.929. The molecular formula is C14H27NO4S. The van der Waals surface area contributed by atoms with Gasteiger partial charge in [-0.3, -0.25) is 4.79 Å². The molecule has 0 bridgehead atoms. The van der Waals surface area contributed by atoms with E-state index in [1.165, 1.54) is 0 Å². The van der Waals surface area contributed by atoms with Crippen LogP contribution in [0.15, 0.2) is 0 Å². The van der Waals surface area contributed by atoms with Crippen LogP contribution in [0.3, 0.4) is 0 Å². The zero-order valence-electron chi connectivity index (χ0n) is 12.9. The Morgan fingerprint density at radius 2 is 1.90 bits per heavy atom. The second-order valence-electron chi connectivity index (χ2n) is 6.69. The Bertz CT molecular complexity index is 439. The third kappa shape index (κ3) is 4.45. The summed E-state index contributed by atoms with van der Waals surface area (Å²) in [6.07, 6.45) is 2.16. The average Bonchev–Trinajstić information content (AvgIpc) is 2.26. The smallest absolute Gasteiger partial charge is 0.321 e. The summed E-state index contributed by atoms with van der Waals surface area (Å²) < 4.78 is 29.5. The zero-order chi connectivity index (χ0) is 15.6. The summed E-state index contributed by atoms with van der Waals surface area (Å²) in [6.45, 7) is 8.19. The van der Waals surface area contributed by atoms with Crippen LogP contribution in [0.2, 0.25) is 0 Å². The second kappa shape index (κ2) is 6.43. The quantitative estimate of drug-likeness (QED) is 0.796. The molecule has 0 aromatic heterocycles. The van der Waals surface area contributed by atoms with E-state index in [0.29, 0.717) is 18.8 Å². The van der Waals surface area contributed by atoms with Crippen molar-refractivity contribution in [2.75, 3.05) is 12.4 Å². The number of hydrogen-bond acceptors (Lipinski definition) is 5. The molecule has 0 spiro atoms. The zero-order valence-corrected chi connectivity index (χ0v) is 13.7. The lowest BCUT2D eigenvalue weighted by atomic mass is 9.71. The summed E-state index contributed by atoms with van der Waals surface area (Å²) in [5, 5.41) is -0.634. The molecule has 3 atom stereocenters. The van der Waals surface area contributed by atoms with Crippen molar-refractivity contribution in [3.05, 3.63) is 0 Å². The first-order chi connectivity index (χ1) is 9.08. The topological polar surface area (TPSA) is 86.5 Å². The maximum atomic E-state index is 12.4. The van der Waals surface area contributed by atoms with E-state index in [1.807, 2.05) is 0 Å². The van der Waals surface area contributed by atoms with Gasteiger partial charge < -0.3 is 10.5 Å². The van der Waals surface area contributed by atoms with Gasteiger partial charge in [-0.15, -0.1) is 0 Å². The predicted molar refractivity (Wildman–Crippen MR) is 79.0 cm³/mol. The third-order valence-electron chi connectivity index (χ3n) is 4.15. The van der Waals surface area contributed by atoms with Crippen LogP contribution < -0.4 is 5.73 Å². The van der Waals surface area contributed by atoms with Gasteiger partial charge in [0.05, 0.1) is 11.9 Å². The summed E-state index contributed by atoms with van der Waals surface area (Å²) >= 11 is 0. The molecule has 1 saturated carbocycles. The van der Waals surface area contributed by atoms with Crippen molar-refractivity contribution in [2.45, 2.75) is 58.2 Å². The SMILES string of the molecule is CCOC(=O)CS(=O)(=O)C1CC(C(C)(C)C)CCC1N. The highest BCUT2D eigenvalue weighted by atomic mass is 32.2. The Labute approximate surface area is 122 Å². The average molecular weight is 305 g/mol. The molecule has 0 saturated heterocycles. The first-order valence-corrected chi connectivity index (χ1v) is 8.92. The van der Waals surface area contributed by atoms with Crippen molar-refractivity contribution in [1.82, 2.24) is 0 Å². The van der Waals surface area contributed by atoms with Gasteiger partial charge in [-0.05, 0) is 37.5 Å². The molecule has 0 heterocycles. The molecule has 6 heteroatoms.